The molecule has 0 saturated carbocycles. The van der Waals surface area contributed by atoms with Gasteiger partial charge in [-0.05, 0) is 48.7 Å². The van der Waals surface area contributed by atoms with Crippen molar-refractivity contribution in [3.63, 3.8) is 0 Å². The molecule has 1 atom stereocenters. The standard InChI is InChI=1S/C17H17Cl2FN2O3S/c1-9-7-13(18)10(2)16(14(9)19)26(24,25)22(3)15(17(21)23)11-5-4-6-12(20)8-11/h4-8,15H,1-3H3,(H2,21,23)/t15-/m1/s1. The molecule has 2 aromatic rings. The van der Waals surface area contributed by atoms with Gasteiger partial charge in [0.05, 0.1) is 5.02 Å². The minimum atomic E-state index is -4.26. The lowest BCUT2D eigenvalue weighted by Crippen LogP contribution is -2.39. The van der Waals surface area contributed by atoms with E-state index in [0.717, 1.165) is 10.4 Å². The molecule has 1 amide bonds. The van der Waals surface area contributed by atoms with E-state index in [2.05, 4.69) is 0 Å². The minimum Gasteiger partial charge on any atom is -0.368 e. The summed E-state index contributed by atoms with van der Waals surface area (Å²) in [6.07, 6.45) is 0. The normalized spacial score (nSPS) is 13.0. The van der Waals surface area contributed by atoms with Crippen LogP contribution in [0.5, 0.6) is 0 Å². The maximum atomic E-state index is 13.5. The van der Waals surface area contributed by atoms with Crippen LogP contribution in [0.4, 0.5) is 4.39 Å². The third kappa shape index (κ3) is 3.71. The molecule has 0 spiro atoms. The molecule has 0 heterocycles. The van der Waals surface area contributed by atoms with E-state index in [0.29, 0.717) is 5.56 Å². The summed E-state index contributed by atoms with van der Waals surface area (Å²) in [5, 5.41) is 0.224. The second-order valence-corrected chi connectivity index (χ2v) is 8.54. The number of nitrogens with two attached hydrogens (primary N) is 1. The Labute approximate surface area is 161 Å². The topological polar surface area (TPSA) is 80.5 Å². The molecule has 0 aromatic heterocycles. The highest BCUT2D eigenvalue weighted by atomic mass is 35.5. The van der Waals surface area contributed by atoms with Crippen molar-refractivity contribution in [2.24, 2.45) is 5.73 Å². The smallest absolute Gasteiger partial charge is 0.245 e. The Kier molecular flexibility index (Phi) is 5.97. The van der Waals surface area contributed by atoms with Crippen LogP contribution < -0.4 is 5.73 Å². The molecule has 5 nitrogen and oxygen atoms in total. The number of carbonyl (C=O) groups excluding carboxylic acids is 1. The predicted octanol–water partition coefficient (Wildman–Crippen LogP) is 3.60. The fraction of sp³-hybridized carbons (Fsp3) is 0.235. The lowest BCUT2D eigenvalue weighted by atomic mass is 10.1. The number of aryl methyl sites for hydroxylation is 1. The fourth-order valence-electron chi connectivity index (χ4n) is 2.63. The number of hydrogen-bond donors (Lipinski definition) is 1. The van der Waals surface area contributed by atoms with Crippen LogP contribution in [-0.4, -0.2) is 25.7 Å². The average Bonchev–Trinajstić information content (AvgIpc) is 2.53. The molecular formula is C17H17Cl2FN2O3S. The maximum Gasteiger partial charge on any atom is 0.245 e. The van der Waals surface area contributed by atoms with Crippen LogP contribution >= 0.6 is 23.2 Å². The molecule has 0 bridgehead atoms. The maximum absolute atomic E-state index is 13.5. The summed E-state index contributed by atoms with van der Waals surface area (Å²) in [6.45, 7) is 3.13. The largest absolute Gasteiger partial charge is 0.368 e. The van der Waals surface area contributed by atoms with Crippen molar-refractivity contribution >= 4 is 39.1 Å². The summed E-state index contributed by atoms with van der Waals surface area (Å²) in [5.74, 6) is -1.57. The number of benzene rings is 2. The Morgan fingerprint density at radius 2 is 1.85 bits per heavy atom. The molecule has 0 aliphatic carbocycles. The Morgan fingerprint density at radius 1 is 1.23 bits per heavy atom. The number of amides is 1. The average molecular weight is 419 g/mol. The molecule has 2 N–H and O–H groups in total. The second kappa shape index (κ2) is 7.52. The molecule has 0 unspecified atom stereocenters. The summed E-state index contributed by atoms with van der Waals surface area (Å²) in [7, 11) is -3.07. The lowest BCUT2D eigenvalue weighted by Gasteiger charge is -2.27. The van der Waals surface area contributed by atoms with Crippen LogP contribution in [0.15, 0.2) is 35.2 Å². The summed E-state index contributed by atoms with van der Waals surface area (Å²) < 4.78 is 40.6. The first-order chi connectivity index (χ1) is 12.0. The fourth-order valence-corrected chi connectivity index (χ4v) is 5.11. The van der Waals surface area contributed by atoms with Crippen LogP contribution in [0.1, 0.15) is 22.7 Å². The number of sulfonamides is 1. The Hall–Kier alpha value is -1.67. The summed E-state index contributed by atoms with van der Waals surface area (Å²) in [4.78, 5) is 11.8. The third-order valence-corrected chi connectivity index (χ3v) is 7.01. The van der Waals surface area contributed by atoms with Crippen LogP contribution in [0.25, 0.3) is 0 Å². The van der Waals surface area contributed by atoms with Crippen molar-refractivity contribution in [1.82, 2.24) is 4.31 Å². The predicted molar refractivity (Wildman–Crippen MR) is 99.2 cm³/mol. The van der Waals surface area contributed by atoms with E-state index >= 15 is 0 Å². The van der Waals surface area contributed by atoms with E-state index in [1.807, 2.05) is 0 Å². The van der Waals surface area contributed by atoms with Gasteiger partial charge in [-0.1, -0.05) is 35.3 Å². The van der Waals surface area contributed by atoms with Gasteiger partial charge in [0.25, 0.3) is 0 Å². The van der Waals surface area contributed by atoms with Crippen molar-refractivity contribution in [3.05, 3.63) is 62.9 Å². The molecule has 2 aromatic carbocycles. The van der Waals surface area contributed by atoms with Crippen molar-refractivity contribution in [2.45, 2.75) is 24.8 Å². The zero-order valence-electron chi connectivity index (χ0n) is 14.3. The molecule has 26 heavy (non-hydrogen) atoms. The molecule has 0 fully saturated rings. The first-order valence-electron chi connectivity index (χ1n) is 7.46. The van der Waals surface area contributed by atoms with Gasteiger partial charge in [-0.25, -0.2) is 12.8 Å². The van der Waals surface area contributed by atoms with Gasteiger partial charge >= 0.3 is 0 Å². The molecule has 0 radical (unpaired) electrons. The van der Waals surface area contributed by atoms with Gasteiger partial charge in [-0.15, -0.1) is 0 Å². The number of halogens is 3. The molecule has 9 heteroatoms. The lowest BCUT2D eigenvalue weighted by molar-refractivity contribution is -0.121. The van der Waals surface area contributed by atoms with Gasteiger partial charge < -0.3 is 5.73 Å². The number of likely N-dealkylation sites (N-methyl/N-ethyl adjacent to an activating group) is 1. The number of rotatable bonds is 5. The van der Waals surface area contributed by atoms with E-state index in [9.17, 15) is 17.6 Å². The SMILES string of the molecule is Cc1cc(Cl)c(C)c(S(=O)(=O)N(C)[C@@H](C(N)=O)c2cccc(F)c2)c1Cl. The zero-order valence-corrected chi connectivity index (χ0v) is 16.6. The Morgan fingerprint density at radius 3 is 2.38 bits per heavy atom. The molecule has 0 aliphatic rings. The van der Waals surface area contributed by atoms with Crippen LogP contribution in [0, 0.1) is 19.7 Å². The van der Waals surface area contributed by atoms with E-state index in [1.165, 1.54) is 32.2 Å². The van der Waals surface area contributed by atoms with Gasteiger partial charge in [0.2, 0.25) is 15.9 Å². The van der Waals surface area contributed by atoms with E-state index < -0.39 is 27.8 Å². The van der Waals surface area contributed by atoms with Gasteiger partial charge in [-0.2, -0.15) is 4.31 Å². The van der Waals surface area contributed by atoms with E-state index in [-0.39, 0.29) is 26.1 Å². The molecule has 0 aliphatic heterocycles. The minimum absolute atomic E-state index is 0.00112. The van der Waals surface area contributed by atoms with Gasteiger partial charge in [0.1, 0.15) is 16.8 Å². The molecular weight excluding hydrogens is 402 g/mol. The summed E-state index contributed by atoms with van der Waals surface area (Å²) in [5.41, 5.74) is 6.23. The monoisotopic (exact) mass is 418 g/mol. The van der Waals surface area contributed by atoms with Crippen LogP contribution in [0.2, 0.25) is 10.0 Å². The van der Waals surface area contributed by atoms with Crippen molar-refractivity contribution in [1.29, 1.82) is 0 Å². The number of hydrogen-bond acceptors (Lipinski definition) is 3. The van der Waals surface area contributed by atoms with Gasteiger partial charge in [0, 0.05) is 12.1 Å². The zero-order chi connectivity index (χ0) is 19.8. The molecule has 2 rings (SSSR count). The summed E-state index contributed by atoms with van der Waals surface area (Å²) >= 11 is 12.3. The van der Waals surface area contributed by atoms with Crippen LogP contribution in [-0.2, 0) is 14.8 Å². The van der Waals surface area contributed by atoms with E-state index in [1.54, 1.807) is 13.0 Å². The number of carbonyl (C=O) groups is 1. The van der Waals surface area contributed by atoms with Crippen molar-refractivity contribution < 1.29 is 17.6 Å². The highest BCUT2D eigenvalue weighted by molar-refractivity contribution is 7.89. The van der Waals surface area contributed by atoms with Gasteiger partial charge in [-0.3, -0.25) is 4.79 Å². The molecule has 0 saturated heterocycles. The quantitative estimate of drug-likeness (QED) is 0.804. The first-order valence-corrected chi connectivity index (χ1v) is 9.66. The number of primary amides is 1. The molecule has 140 valence electrons. The third-order valence-electron chi connectivity index (χ3n) is 4.02. The first kappa shape index (κ1) is 20.6. The van der Waals surface area contributed by atoms with Crippen molar-refractivity contribution in [2.75, 3.05) is 7.05 Å². The van der Waals surface area contributed by atoms with Crippen molar-refractivity contribution in [3.8, 4) is 0 Å². The second-order valence-electron chi connectivity index (χ2n) is 5.82. The highest BCUT2D eigenvalue weighted by Gasteiger charge is 2.36. The van der Waals surface area contributed by atoms with Gasteiger partial charge in [0.15, 0.2) is 0 Å². The Bertz CT molecular complexity index is 954. The summed E-state index contributed by atoms with van der Waals surface area (Å²) in [6, 6.07) is 5.16. The van der Waals surface area contributed by atoms with Crippen LogP contribution in [0.3, 0.4) is 0 Å². The highest BCUT2D eigenvalue weighted by Crippen LogP contribution is 2.37. The Balaban J connectivity index is 2.67. The number of nitrogens with zero attached hydrogens (tertiary/aromatic N) is 1. The van der Waals surface area contributed by atoms with E-state index in [4.69, 9.17) is 28.9 Å².